The predicted molar refractivity (Wildman–Crippen MR) is 132 cm³/mol. The summed E-state index contributed by atoms with van der Waals surface area (Å²) >= 11 is 9.72. The Morgan fingerprint density at radius 1 is 1.00 bits per heavy atom. The Hall–Kier alpha value is -2.19. The SMILES string of the molecule is Cc1ccc(S(=O)(=O)N(CC(=O)Nc2c(C)cc(Br)cc2C)Cc2ccccc2Cl)cc1. The summed E-state index contributed by atoms with van der Waals surface area (Å²) in [4.78, 5) is 13.1. The molecule has 8 heteroatoms. The molecule has 0 spiro atoms. The Morgan fingerprint density at radius 3 is 2.19 bits per heavy atom. The maximum absolute atomic E-state index is 13.4. The van der Waals surface area contributed by atoms with Crippen LogP contribution in [0.25, 0.3) is 0 Å². The number of anilines is 1. The number of hydrogen-bond donors (Lipinski definition) is 1. The van der Waals surface area contributed by atoms with Gasteiger partial charge in [-0.1, -0.05) is 63.4 Å². The topological polar surface area (TPSA) is 66.5 Å². The van der Waals surface area contributed by atoms with Crippen LogP contribution in [0, 0.1) is 20.8 Å². The van der Waals surface area contributed by atoms with Crippen molar-refractivity contribution in [2.75, 3.05) is 11.9 Å². The second kappa shape index (κ2) is 10.2. The maximum atomic E-state index is 13.4. The highest BCUT2D eigenvalue weighted by atomic mass is 79.9. The van der Waals surface area contributed by atoms with Gasteiger partial charge in [0.05, 0.1) is 11.4 Å². The summed E-state index contributed by atoms with van der Waals surface area (Å²) < 4.78 is 28.9. The van der Waals surface area contributed by atoms with Crippen LogP contribution in [-0.2, 0) is 21.4 Å². The molecule has 0 aliphatic carbocycles. The van der Waals surface area contributed by atoms with Crippen molar-refractivity contribution in [2.45, 2.75) is 32.2 Å². The molecule has 168 valence electrons. The minimum Gasteiger partial charge on any atom is -0.324 e. The van der Waals surface area contributed by atoms with Gasteiger partial charge in [-0.25, -0.2) is 8.42 Å². The van der Waals surface area contributed by atoms with Crippen molar-refractivity contribution in [2.24, 2.45) is 0 Å². The van der Waals surface area contributed by atoms with Crippen molar-refractivity contribution in [3.8, 4) is 0 Å². The molecule has 0 bridgehead atoms. The van der Waals surface area contributed by atoms with E-state index < -0.39 is 15.9 Å². The Morgan fingerprint density at radius 2 is 1.59 bits per heavy atom. The Bertz CT molecular complexity index is 1220. The largest absolute Gasteiger partial charge is 0.324 e. The van der Waals surface area contributed by atoms with E-state index in [-0.39, 0.29) is 18.0 Å². The molecule has 1 amide bonds. The smallest absolute Gasteiger partial charge is 0.243 e. The van der Waals surface area contributed by atoms with Crippen LogP contribution in [0.4, 0.5) is 5.69 Å². The number of sulfonamides is 1. The van der Waals surface area contributed by atoms with Crippen molar-refractivity contribution < 1.29 is 13.2 Å². The number of halogens is 2. The average molecular weight is 536 g/mol. The molecule has 0 fully saturated rings. The fourth-order valence-corrected chi connectivity index (χ4v) is 5.61. The standard InChI is InChI=1S/C24H24BrClN2O3S/c1-16-8-10-21(11-9-16)32(30,31)28(14-19-6-4-5-7-22(19)26)15-23(29)27-24-17(2)12-20(25)13-18(24)3/h4-13H,14-15H2,1-3H3,(H,27,29). The van der Waals surface area contributed by atoms with Crippen molar-refractivity contribution in [1.29, 1.82) is 0 Å². The molecule has 3 aromatic carbocycles. The lowest BCUT2D eigenvalue weighted by Crippen LogP contribution is -2.37. The molecule has 32 heavy (non-hydrogen) atoms. The van der Waals surface area contributed by atoms with Crippen LogP contribution in [0.3, 0.4) is 0 Å². The number of hydrogen-bond acceptors (Lipinski definition) is 3. The summed E-state index contributed by atoms with van der Waals surface area (Å²) in [7, 11) is -3.94. The van der Waals surface area contributed by atoms with Crippen molar-refractivity contribution >= 4 is 49.1 Å². The van der Waals surface area contributed by atoms with Gasteiger partial charge in [-0.2, -0.15) is 4.31 Å². The van der Waals surface area contributed by atoms with E-state index in [1.54, 1.807) is 48.5 Å². The first kappa shape index (κ1) is 24.5. The molecule has 0 unspecified atom stereocenters. The maximum Gasteiger partial charge on any atom is 0.243 e. The van der Waals surface area contributed by atoms with E-state index in [2.05, 4.69) is 21.2 Å². The van der Waals surface area contributed by atoms with E-state index in [0.29, 0.717) is 16.3 Å². The summed E-state index contributed by atoms with van der Waals surface area (Å²) in [5, 5.41) is 3.31. The minimum atomic E-state index is -3.94. The first-order valence-electron chi connectivity index (χ1n) is 9.95. The first-order valence-corrected chi connectivity index (χ1v) is 12.6. The molecule has 0 saturated carbocycles. The molecule has 0 saturated heterocycles. The predicted octanol–water partition coefficient (Wildman–Crippen LogP) is 5.86. The zero-order valence-corrected chi connectivity index (χ0v) is 21.2. The van der Waals surface area contributed by atoms with Crippen LogP contribution in [-0.4, -0.2) is 25.2 Å². The van der Waals surface area contributed by atoms with Crippen LogP contribution in [0.1, 0.15) is 22.3 Å². The van der Waals surface area contributed by atoms with Gasteiger partial charge in [-0.05, 0) is 67.8 Å². The summed E-state index contributed by atoms with van der Waals surface area (Å²) in [6.45, 7) is 5.28. The number of aryl methyl sites for hydroxylation is 3. The fourth-order valence-electron chi connectivity index (χ4n) is 3.35. The molecule has 0 aliphatic heterocycles. The van der Waals surface area contributed by atoms with E-state index >= 15 is 0 Å². The van der Waals surface area contributed by atoms with Crippen LogP contribution >= 0.6 is 27.5 Å². The summed E-state index contributed by atoms with van der Waals surface area (Å²) in [6, 6.07) is 17.4. The Balaban J connectivity index is 1.93. The van der Waals surface area contributed by atoms with Gasteiger partial charge in [-0.3, -0.25) is 4.79 Å². The fraction of sp³-hybridized carbons (Fsp3) is 0.208. The number of carbonyl (C=O) groups is 1. The molecule has 0 atom stereocenters. The van der Waals surface area contributed by atoms with E-state index in [1.165, 1.54) is 0 Å². The number of amides is 1. The monoisotopic (exact) mass is 534 g/mol. The van der Waals surface area contributed by atoms with Gasteiger partial charge < -0.3 is 5.32 Å². The third-order valence-electron chi connectivity index (χ3n) is 5.05. The summed E-state index contributed by atoms with van der Waals surface area (Å²) in [5.41, 5.74) is 3.99. The molecule has 0 aromatic heterocycles. The van der Waals surface area contributed by atoms with E-state index in [9.17, 15) is 13.2 Å². The second-order valence-corrected chi connectivity index (χ2v) is 10.9. The third kappa shape index (κ3) is 5.78. The minimum absolute atomic E-state index is 0.0262. The molecule has 1 N–H and O–H groups in total. The molecule has 3 rings (SSSR count). The van der Waals surface area contributed by atoms with Gasteiger partial charge >= 0.3 is 0 Å². The first-order chi connectivity index (χ1) is 15.1. The van der Waals surface area contributed by atoms with Crippen molar-refractivity contribution in [3.05, 3.63) is 92.4 Å². The highest BCUT2D eigenvalue weighted by Gasteiger charge is 2.28. The number of benzene rings is 3. The molecule has 5 nitrogen and oxygen atoms in total. The molecule has 0 radical (unpaired) electrons. The highest BCUT2D eigenvalue weighted by molar-refractivity contribution is 9.10. The normalized spacial score (nSPS) is 11.6. The van der Waals surface area contributed by atoms with Gasteiger partial charge in [-0.15, -0.1) is 0 Å². The lowest BCUT2D eigenvalue weighted by molar-refractivity contribution is -0.116. The lowest BCUT2D eigenvalue weighted by Gasteiger charge is -2.23. The molecular formula is C24H24BrClN2O3S. The van der Waals surface area contributed by atoms with Gasteiger partial charge in [0.1, 0.15) is 0 Å². The van der Waals surface area contributed by atoms with Crippen molar-refractivity contribution in [1.82, 2.24) is 4.31 Å². The summed E-state index contributed by atoms with van der Waals surface area (Å²) in [6.07, 6.45) is 0. The highest BCUT2D eigenvalue weighted by Crippen LogP contribution is 2.26. The van der Waals surface area contributed by atoms with E-state index in [1.807, 2.05) is 32.9 Å². The third-order valence-corrected chi connectivity index (χ3v) is 7.68. The number of rotatable bonds is 7. The van der Waals surface area contributed by atoms with E-state index in [0.717, 1.165) is 25.5 Å². The second-order valence-electron chi connectivity index (χ2n) is 7.64. The van der Waals surface area contributed by atoms with Crippen LogP contribution < -0.4 is 5.32 Å². The van der Waals surface area contributed by atoms with Gasteiger partial charge in [0.25, 0.3) is 0 Å². The van der Waals surface area contributed by atoms with Gasteiger partial charge in [0.2, 0.25) is 15.9 Å². The molecule has 0 heterocycles. The Kier molecular flexibility index (Phi) is 7.77. The van der Waals surface area contributed by atoms with Crippen LogP contribution in [0.2, 0.25) is 5.02 Å². The lowest BCUT2D eigenvalue weighted by atomic mass is 10.1. The van der Waals surface area contributed by atoms with Gasteiger partial charge in [0.15, 0.2) is 0 Å². The number of nitrogens with one attached hydrogen (secondary N) is 1. The summed E-state index contributed by atoms with van der Waals surface area (Å²) in [5.74, 6) is -0.429. The molecular weight excluding hydrogens is 512 g/mol. The molecule has 0 aliphatic rings. The van der Waals surface area contributed by atoms with Crippen molar-refractivity contribution in [3.63, 3.8) is 0 Å². The number of carbonyl (C=O) groups excluding carboxylic acids is 1. The quantitative estimate of drug-likeness (QED) is 0.412. The Labute approximate surface area is 202 Å². The van der Waals surface area contributed by atoms with Gasteiger partial charge in [0, 0.05) is 21.7 Å². The zero-order chi connectivity index (χ0) is 23.5. The zero-order valence-electron chi connectivity index (χ0n) is 18.0. The van der Waals surface area contributed by atoms with Crippen LogP contribution in [0.15, 0.2) is 70.0 Å². The number of nitrogens with zero attached hydrogens (tertiary/aromatic N) is 1. The van der Waals surface area contributed by atoms with E-state index in [4.69, 9.17) is 11.6 Å². The average Bonchev–Trinajstić information content (AvgIpc) is 2.72. The molecule has 3 aromatic rings. The van der Waals surface area contributed by atoms with Crippen LogP contribution in [0.5, 0.6) is 0 Å².